The molecular weight excluding hydrogens is 188 g/mol. The van der Waals surface area contributed by atoms with Gasteiger partial charge in [-0.2, -0.15) is 5.48 Å². The largest absolute Gasteiger partial charge is 0.408 e. The normalized spacial score (nSPS) is 10.5. The second-order valence-corrected chi connectivity index (χ2v) is 3.32. The van der Waals surface area contributed by atoms with Gasteiger partial charge in [0.1, 0.15) is 0 Å². The fourth-order valence-corrected chi connectivity index (χ4v) is 1.39. The van der Waals surface area contributed by atoms with E-state index in [1.54, 1.807) is 6.20 Å². The molecule has 0 saturated heterocycles. The van der Waals surface area contributed by atoms with Crippen molar-refractivity contribution in [2.75, 3.05) is 6.54 Å². The Balaban J connectivity index is 2.26. The zero-order valence-corrected chi connectivity index (χ0v) is 8.73. The fraction of sp³-hybridized carbons (Fsp3) is 0.250. The lowest BCUT2D eigenvalue weighted by Crippen LogP contribution is -2.19. The van der Waals surface area contributed by atoms with Gasteiger partial charge >= 0.3 is 0 Å². The second-order valence-electron chi connectivity index (χ2n) is 3.32. The van der Waals surface area contributed by atoms with Gasteiger partial charge in [-0.05, 0) is 30.7 Å². The Kier molecular flexibility index (Phi) is 3.15. The maximum atomic E-state index is 5.47. The van der Waals surface area contributed by atoms with Gasteiger partial charge in [0.15, 0.2) is 5.75 Å². The molecule has 2 rings (SSSR count). The van der Waals surface area contributed by atoms with Crippen molar-refractivity contribution in [3.8, 4) is 5.75 Å². The molecule has 3 heteroatoms. The zero-order chi connectivity index (χ0) is 10.5. The average molecular weight is 202 g/mol. The Bertz CT molecular complexity index is 437. The molecule has 0 spiro atoms. The lowest BCUT2D eigenvalue weighted by atomic mass is 10.2. The quantitative estimate of drug-likeness (QED) is 0.611. The first kappa shape index (κ1) is 9.93. The molecule has 0 aliphatic rings. The molecule has 0 saturated carbocycles. The van der Waals surface area contributed by atoms with Crippen molar-refractivity contribution in [1.29, 1.82) is 0 Å². The molecule has 1 aromatic heterocycles. The highest BCUT2D eigenvalue weighted by molar-refractivity contribution is 5.84. The summed E-state index contributed by atoms with van der Waals surface area (Å²) in [6, 6.07) is 9.77. The highest BCUT2D eigenvalue weighted by atomic mass is 16.6. The molecule has 0 aliphatic carbocycles. The molecule has 1 N–H and O–H groups in total. The molecule has 0 amide bonds. The van der Waals surface area contributed by atoms with Gasteiger partial charge in [0.05, 0.1) is 5.52 Å². The fourth-order valence-electron chi connectivity index (χ4n) is 1.39. The number of nitrogens with one attached hydrogen (secondary N) is 1. The molecule has 0 aliphatic heterocycles. The summed E-state index contributed by atoms with van der Waals surface area (Å²) < 4.78 is 0. The van der Waals surface area contributed by atoms with Crippen molar-refractivity contribution in [2.45, 2.75) is 13.3 Å². The van der Waals surface area contributed by atoms with E-state index in [0.717, 1.165) is 29.6 Å². The molecule has 78 valence electrons. The summed E-state index contributed by atoms with van der Waals surface area (Å²) in [4.78, 5) is 9.73. The summed E-state index contributed by atoms with van der Waals surface area (Å²) in [6.45, 7) is 2.94. The summed E-state index contributed by atoms with van der Waals surface area (Å²) >= 11 is 0. The first-order chi connectivity index (χ1) is 7.42. The second kappa shape index (κ2) is 4.75. The topological polar surface area (TPSA) is 34.1 Å². The Hall–Kier alpha value is -1.61. The monoisotopic (exact) mass is 202 g/mol. The van der Waals surface area contributed by atoms with Crippen LogP contribution in [-0.2, 0) is 0 Å². The van der Waals surface area contributed by atoms with Gasteiger partial charge in [-0.25, -0.2) is 0 Å². The van der Waals surface area contributed by atoms with Gasteiger partial charge in [-0.1, -0.05) is 13.0 Å². The van der Waals surface area contributed by atoms with Crippen molar-refractivity contribution < 1.29 is 4.84 Å². The SMILES string of the molecule is CCCNOc1cccc2ncccc12. The van der Waals surface area contributed by atoms with Gasteiger partial charge in [-0.3, -0.25) is 4.98 Å². The third-order valence-electron chi connectivity index (χ3n) is 2.14. The van der Waals surface area contributed by atoms with E-state index in [1.807, 2.05) is 30.3 Å². The smallest absolute Gasteiger partial charge is 0.156 e. The first-order valence-corrected chi connectivity index (χ1v) is 5.15. The van der Waals surface area contributed by atoms with E-state index in [2.05, 4.69) is 17.4 Å². The van der Waals surface area contributed by atoms with Crippen LogP contribution < -0.4 is 10.3 Å². The minimum absolute atomic E-state index is 0.828. The Labute approximate surface area is 89.0 Å². The average Bonchev–Trinajstić information content (AvgIpc) is 2.30. The number of benzene rings is 1. The van der Waals surface area contributed by atoms with Crippen LogP contribution in [0.25, 0.3) is 10.9 Å². The van der Waals surface area contributed by atoms with Gasteiger partial charge < -0.3 is 4.84 Å². The van der Waals surface area contributed by atoms with E-state index in [-0.39, 0.29) is 0 Å². The van der Waals surface area contributed by atoms with Crippen molar-refractivity contribution in [3.63, 3.8) is 0 Å². The molecule has 15 heavy (non-hydrogen) atoms. The molecule has 0 fully saturated rings. The van der Waals surface area contributed by atoms with Gasteiger partial charge in [0, 0.05) is 18.1 Å². The number of hydroxylamine groups is 1. The minimum atomic E-state index is 0.828. The number of nitrogens with zero attached hydrogens (tertiary/aromatic N) is 1. The third kappa shape index (κ3) is 2.25. The van der Waals surface area contributed by atoms with Crippen LogP contribution in [0.4, 0.5) is 0 Å². The van der Waals surface area contributed by atoms with Crippen LogP contribution in [0.15, 0.2) is 36.5 Å². The number of rotatable bonds is 4. The summed E-state index contributed by atoms with van der Waals surface area (Å²) in [5.41, 5.74) is 3.87. The Morgan fingerprint density at radius 1 is 1.27 bits per heavy atom. The van der Waals surface area contributed by atoms with Crippen LogP contribution in [0.2, 0.25) is 0 Å². The first-order valence-electron chi connectivity index (χ1n) is 5.15. The molecule has 1 aromatic carbocycles. The van der Waals surface area contributed by atoms with Crippen molar-refractivity contribution in [1.82, 2.24) is 10.5 Å². The molecule has 3 nitrogen and oxygen atoms in total. The van der Waals surface area contributed by atoms with Crippen LogP contribution >= 0.6 is 0 Å². The van der Waals surface area contributed by atoms with Crippen molar-refractivity contribution in [2.24, 2.45) is 0 Å². The zero-order valence-electron chi connectivity index (χ0n) is 8.73. The van der Waals surface area contributed by atoms with Crippen LogP contribution in [0.3, 0.4) is 0 Å². The summed E-state index contributed by atoms with van der Waals surface area (Å²) in [7, 11) is 0. The minimum Gasteiger partial charge on any atom is -0.408 e. The number of pyridine rings is 1. The van der Waals surface area contributed by atoms with Crippen LogP contribution in [0, 0.1) is 0 Å². The summed E-state index contributed by atoms with van der Waals surface area (Å²) in [5.74, 6) is 0.828. The van der Waals surface area contributed by atoms with E-state index in [0.29, 0.717) is 0 Å². The van der Waals surface area contributed by atoms with E-state index in [9.17, 15) is 0 Å². The summed E-state index contributed by atoms with van der Waals surface area (Å²) in [5, 5.41) is 1.03. The Morgan fingerprint density at radius 3 is 3.07 bits per heavy atom. The molecule has 1 heterocycles. The van der Waals surface area contributed by atoms with Crippen LogP contribution in [0.5, 0.6) is 5.75 Å². The van der Waals surface area contributed by atoms with Crippen molar-refractivity contribution in [3.05, 3.63) is 36.5 Å². The molecule has 0 radical (unpaired) electrons. The molecule has 2 aromatic rings. The highest BCUT2D eigenvalue weighted by Crippen LogP contribution is 2.22. The molecule has 0 unspecified atom stereocenters. The maximum absolute atomic E-state index is 5.47. The van der Waals surface area contributed by atoms with E-state index in [4.69, 9.17) is 4.84 Å². The molecule has 0 bridgehead atoms. The predicted octanol–water partition coefficient (Wildman–Crippen LogP) is 2.53. The lowest BCUT2D eigenvalue weighted by Gasteiger charge is -2.08. The van der Waals surface area contributed by atoms with E-state index in [1.165, 1.54) is 0 Å². The number of hydrogen-bond acceptors (Lipinski definition) is 3. The van der Waals surface area contributed by atoms with E-state index < -0.39 is 0 Å². The standard InChI is InChI=1S/C12H14N2O/c1-2-8-14-15-12-7-3-6-11-10(12)5-4-9-13-11/h3-7,9,14H,2,8H2,1H3. The molecular formula is C12H14N2O. The van der Waals surface area contributed by atoms with Crippen LogP contribution in [0.1, 0.15) is 13.3 Å². The van der Waals surface area contributed by atoms with Gasteiger partial charge in [0.25, 0.3) is 0 Å². The predicted molar refractivity (Wildman–Crippen MR) is 60.7 cm³/mol. The van der Waals surface area contributed by atoms with Gasteiger partial charge in [-0.15, -0.1) is 0 Å². The Morgan fingerprint density at radius 2 is 2.20 bits per heavy atom. The van der Waals surface area contributed by atoms with E-state index >= 15 is 0 Å². The lowest BCUT2D eigenvalue weighted by molar-refractivity contribution is 0.199. The van der Waals surface area contributed by atoms with Gasteiger partial charge in [0.2, 0.25) is 0 Å². The highest BCUT2D eigenvalue weighted by Gasteiger charge is 2.01. The number of hydrogen-bond donors (Lipinski definition) is 1. The summed E-state index contributed by atoms with van der Waals surface area (Å²) in [6.07, 6.45) is 2.83. The molecule has 0 atom stereocenters. The maximum Gasteiger partial charge on any atom is 0.156 e. The third-order valence-corrected chi connectivity index (χ3v) is 2.14. The number of aromatic nitrogens is 1. The van der Waals surface area contributed by atoms with Crippen molar-refractivity contribution >= 4 is 10.9 Å². The van der Waals surface area contributed by atoms with Crippen LogP contribution in [-0.4, -0.2) is 11.5 Å². The number of fused-ring (bicyclic) bond motifs is 1.